The molecule has 1 fully saturated rings. The Kier molecular flexibility index (Phi) is 4.96. The lowest BCUT2D eigenvalue weighted by molar-refractivity contribution is -0.152. The summed E-state index contributed by atoms with van der Waals surface area (Å²) in [6.45, 7) is 5.52. The van der Waals surface area contributed by atoms with Crippen LogP contribution >= 0.6 is 0 Å². The van der Waals surface area contributed by atoms with Crippen molar-refractivity contribution < 1.29 is 19.4 Å². The summed E-state index contributed by atoms with van der Waals surface area (Å²) in [6.07, 6.45) is 3.36. The fourth-order valence-corrected chi connectivity index (χ4v) is 2.66. The third-order valence-corrected chi connectivity index (χ3v) is 4.18. The number of carbonyl (C=O) groups excluding carboxylic acids is 1. The van der Waals surface area contributed by atoms with E-state index in [0.717, 1.165) is 19.3 Å². The van der Waals surface area contributed by atoms with E-state index >= 15 is 0 Å². The molecule has 1 aliphatic carbocycles. The first-order chi connectivity index (χ1) is 8.73. The van der Waals surface area contributed by atoms with E-state index in [2.05, 4.69) is 5.32 Å². The van der Waals surface area contributed by atoms with Gasteiger partial charge in [0.05, 0.1) is 12.0 Å². The summed E-state index contributed by atoms with van der Waals surface area (Å²) in [4.78, 5) is 23.7. The molecule has 1 saturated carbocycles. The largest absolute Gasteiger partial charge is 0.479 e. The zero-order valence-corrected chi connectivity index (χ0v) is 12.3. The molecule has 0 radical (unpaired) electrons. The number of carbonyl (C=O) groups is 2. The molecule has 5 heteroatoms. The van der Waals surface area contributed by atoms with Gasteiger partial charge in [0.15, 0.2) is 0 Å². The van der Waals surface area contributed by atoms with Crippen molar-refractivity contribution in [3.8, 4) is 0 Å². The Morgan fingerprint density at radius 3 is 2.53 bits per heavy atom. The van der Waals surface area contributed by atoms with Crippen LogP contribution < -0.4 is 5.32 Å². The van der Waals surface area contributed by atoms with Gasteiger partial charge >= 0.3 is 5.97 Å². The van der Waals surface area contributed by atoms with Crippen molar-refractivity contribution in [2.45, 2.75) is 64.0 Å². The second-order valence-electron chi connectivity index (χ2n) is 6.11. The van der Waals surface area contributed by atoms with Crippen LogP contribution in [0.25, 0.3) is 0 Å². The highest BCUT2D eigenvalue weighted by atomic mass is 16.5. The van der Waals surface area contributed by atoms with Crippen LogP contribution in [0, 0.1) is 5.92 Å². The highest BCUT2D eigenvalue weighted by Gasteiger charge is 2.46. The molecule has 0 aromatic heterocycles. The Labute approximate surface area is 114 Å². The Bertz CT molecular complexity index is 353. The van der Waals surface area contributed by atoms with Crippen molar-refractivity contribution in [1.29, 1.82) is 0 Å². The maximum Gasteiger partial charge on any atom is 0.329 e. The Morgan fingerprint density at radius 2 is 2.05 bits per heavy atom. The first-order valence-electron chi connectivity index (χ1n) is 6.83. The highest BCUT2D eigenvalue weighted by molar-refractivity contribution is 5.87. The van der Waals surface area contributed by atoms with E-state index in [4.69, 9.17) is 4.74 Å². The molecule has 1 rings (SSSR count). The fraction of sp³-hybridized carbons (Fsp3) is 0.857. The van der Waals surface area contributed by atoms with Crippen LogP contribution in [0.4, 0.5) is 0 Å². The van der Waals surface area contributed by atoms with Crippen molar-refractivity contribution >= 4 is 11.9 Å². The molecule has 2 N–H and O–H groups in total. The van der Waals surface area contributed by atoms with Gasteiger partial charge < -0.3 is 15.2 Å². The summed E-state index contributed by atoms with van der Waals surface area (Å²) in [7, 11) is 1.55. The lowest BCUT2D eigenvalue weighted by Gasteiger charge is -2.40. The van der Waals surface area contributed by atoms with E-state index < -0.39 is 17.1 Å². The number of nitrogens with one attached hydrogen (secondary N) is 1. The molecule has 0 heterocycles. The number of aliphatic carboxylic acids is 1. The van der Waals surface area contributed by atoms with Crippen LogP contribution in [-0.2, 0) is 14.3 Å². The first-order valence-corrected chi connectivity index (χ1v) is 6.83. The van der Waals surface area contributed by atoms with Crippen molar-refractivity contribution in [1.82, 2.24) is 5.32 Å². The van der Waals surface area contributed by atoms with Gasteiger partial charge in [-0.1, -0.05) is 19.8 Å². The van der Waals surface area contributed by atoms with Crippen LogP contribution in [0.5, 0.6) is 0 Å². The molecule has 1 aliphatic rings. The highest BCUT2D eigenvalue weighted by Crippen LogP contribution is 2.34. The summed E-state index contributed by atoms with van der Waals surface area (Å²) in [6, 6.07) is 0. The summed E-state index contributed by atoms with van der Waals surface area (Å²) in [5.74, 6) is -1.24. The van der Waals surface area contributed by atoms with Crippen molar-refractivity contribution in [3.05, 3.63) is 0 Å². The van der Waals surface area contributed by atoms with E-state index in [0.29, 0.717) is 6.42 Å². The van der Waals surface area contributed by atoms with Gasteiger partial charge in [-0.2, -0.15) is 0 Å². The van der Waals surface area contributed by atoms with Crippen LogP contribution in [-0.4, -0.2) is 35.2 Å². The quantitative estimate of drug-likeness (QED) is 0.801. The molecule has 19 heavy (non-hydrogen) atoms. The molecule has 0 spiro atoms. The molecule has 0 saturated heterocycles. The van der Waals surface area contributed by atoms with Crippen LogP contribution in [0.1, 0.15) is 52.9 Å². The second-order valence-corrected chi connectivity index (χ2v) is 6.11. The van der Waals surface area contributed by atoms with Gasteiger partial charge in [-0.05, 0) is 32.6 Å². The van der Waals surface area contributed by atoms with Gasteiger partial charge in [0.2, 0.25) is 5.91 Å². The summed E-state index contributed by atoms with van der Waals surface area (Å²) in [5, 5.41) is 12.3. The van der Waals surface area contributed by atoms with Crippen molar-refractivity contribution in [2.75, 3.05) is 7.11 Å². The molecule has 2 atom stereocenters. The SMILES string of the molecule is COC(C)(C)CC(=O)NC1(C(=O)O)CCCCC1C. The predicted molar refractivity (Wildman–Crippen MR) is 71.8 cm³/mol. The van der Waals surface area contributed by atoms with Gasteiger partial charge in [-0.15, -0.1) is 0 Å². The number of carboxylic acids is 1. The van der Waals surface area contributed by atoms with Gasteiger partial charge in [0.1, 0.15) is 5.54 Å². The minimum absolute atomic E-state index is 0.0478. The molecular weight excluding hydrogens is 246 g/mol. The van der Waals surface area contributed by atoms with Crippen molar-refractivity contribution in [3.63, 3.8) is 0 Å². The predicted octanol–water partition coefficient (Wildman–Crippen LogP) is 1.95. The van der Waals surface area contributed by atoms with E-state index in [1.54, 1.807) is 7.11 Å². The number of methoxy groups -OCH3 is 1. The Hall–Kier alpha value is -1.10. The second kappa shape index (κ2) is 5.90. The summed E-state index contributed by atoms with van der Waals surface area (Å²) in [5.41, 5.74) is -1.69. The van der Waals surface area contributed by atoms with E-state index in [-0.39, 0.29) is 18.2 Å². The molecule has 2 unspecified atom stereocenters. The number of hydrogen-bond donors (Lipinski definition) is 2. The molecule has 0 aromatic carbocycles. The number of amides is 1. The van der Waals surface area contributed by atoms with Gasteiger partial charge in [-0.3, -0.25) is 4.79 Å². The van der Waals surface area contributed by atoms with E-state index in [1.807, 2.05) is 20.8 Å². The Balaban J connectivity index is 2.79. The molecular formula is C14H25NO4. The van der Waals surface area contributed by atoms with Crippen molar-refractivity contribution in [2.24, 2.45) is 5.92 Å². The third kappa shape index (κ3) is 3.69. The smallest absolute Gasteiger partial charge is 0.329 e. The molecule has 1 amide bonds. The van der Waals surface area contributed by atoms with Gasteiger partial charge in [0.25, 0.3) is 0 Å². The first kappa shape index (κ1) is 16.0. The number of rotatable bonds is 5. The number of ether oxygens (including phenoxy) is 1. The minimum atomic E-state index is -1.11. The zero-order chi connectivity index (χ0) is 14.7. The molecule has 0 bridgehead atoms. The lowest BCUT2D eigenvalue weighted by Crippen LogP contribution is -2.60. The third-order valence-electron chi connectivity index (χ3n) is 4.18. The maximum absolute atomic E-state index is 12.1. The fourth-order valence-electron chi connectivity index (χ4n) is 2.66. The minimum Gasteiger partial charge on any atom is -0.479 e. The zero-order valence-electron chi connectivity index (χ0n) is 12.3. The molecule has 0 aliphatic heterocycles. The van der Waals surface area contributed by atoms with Crippen LogP contribution in [0.3, 0.4) is 0 Å². The van der Waals surface area contributed by atoms with Gasteiger partial charge in [-0.25, -0.2) is 4.79 Å². The average Bonchev–Trinajstić information content (AvgIpc) is 2.31. The van der Waals surface area contributed by atoms with E-state index in [9.17, 15) is 14.7 Å². The van der Waals surface area contributed by atoms with Crippen LogP contribution in [0.2, 0.25) is 0 Å². The van der Waals surface area contributed by atoms with Gasteiger partial charge in [0, 0.05) is 7.11 Å². The maximum atomic E-state index is 12.1. The summed E-state index contributed by atoms with van der Waals surface area (Å²) >= 11 is 0. The normalized spacial score (nSPS) is 27.9. The topological polar surface area (TPSA) is 75.6 Å². The lowest BCUT2D eigenvalue weighted by atomic mass is 9.73. The van der Waals surface area contributed by atoms with Crippen LogP contribution in [0.15, 0.2) is 0 Å². The molecule has 5 nitrogen and oxygen atoms in total. The number of hydrogen-bond acceptors (Lipinski definition) is 3. The standard InChI is InChI=1S/C14H25NO4/c1-10-7-5-6-8-14(10,12(17)18)15-11(16)9-13(2,3)19-4/h10H,5-9H2,1-4H3,(H,15,16)(H,17,18). The summed E-state index contributed by atoms with van der Waals surface area (Å²) < 4.78 is 5.21. The average molecular weight is 271 g/mol. The Morgan fingerprint density at radius 1 is 1.42 bits per heavy atom. The number of carboxylic acid groups (broad SMARTS) is 1. The monoisotopic (exact) mass is 271 g/mol. The van der Waals surface area contributed by atoms with E-state index in [1.165, 1.54) is 0 Å². The molecule has 0 aromatic rings. The molecule has 110 valence electrons.